The first kappa shape index (κ1) is 21.2. The third-order valence-electron chi connectivity index (χ3n) is 4.70. The van der Waals surface area contributed by atoms with Gasteiger partial charge in [0.2, 0.25) is 5.91 Å². The second-order valence-corrected chi connectivity index (χ2v) is 6.41. The molecule has 2 unspecified atom stereocenters. The number of rotatable bonds is 4. The van der Waals surface area contributed by atoms with Gasteiger partial charge in [-0.2, -0.15) is 13.2 Å². The molecule has 2 atom stereocenters. The highest BCUT2D eigenvalue weighted by Gasteiger charge is 2.43. The minimum absolute atomic E-state index is 0. The number of aryl methyl sites for hydroxylation is 1. The first-order chi connectivity index (χ1) is 12.4. The molecule has 1 fully saturated rings. The number of nitrogens with one attached hydrogen (secondary N) is 1. The van der Waals surface area contributed by atoms with E-state index in [0.717, 1.165) is 0 Å². The molecular formula is C18H22ClF3N4O. The number of halogens is 4. The maximum atomic E-state index is 13.6. The second kappa shape index (κ2) is 8.75. The molecule has 0 aliphatic carbocycles. The Balaban J connectivity index is 0.00000261. The Labute approximate surface area is 162 Å². The Morgan fingerprint density at radius 2 is 2.04 bits per heavy atom. The van der Waals surface area contributed by atoms with Crippen LogP contribution in [0.25, 0.3) is 0 Å². The zero-order chi connectivity index (χ0) is 18.7. The van der Waals surface area contributed by atoms with Crippen molar-refractivity contribution in [1.82, 2.24) is 19.8 Å². The summed E-state index contributed by atoms with van der Waals surface area (Å²) < 4.78 is 42.5. The van der Waals surface area contributed by atoms with Gasteiger partial charge in [-0.05, 0) is 5.56 Å². The van der Waals surface area contributed by atoms with Crippen LogP contribution >= 0.6 is 12.4 Å². The highest BCUT2D eigenvalue weighted by atomic mass is 35.5. The number of carbonyl (C=O) groups excluding carboxylic acids is 1. The van der Waals surface area contributed by atoms with Gasteiger partial charge in [0.1, 0.15) is 11.9 Å². The zero-order valence-electron chi connectivity index (χ0n) is 14.8. The van der Waals surface area contributed by atoms with E-state index in [4.69, 9.17) is 0 Å². The van der Waals surface area contributed by atoms with Gasteiger partial charge in [0.05, 0.1) is 5.92 Å². The lowest BCUT2D eigenvalue weighted by atomic mass is 9.94. The maximum absolute atomic E-state index is 13.6. The Kier molecular flexibility index (Phi) is 6.89. The van der Waals surface area contributed by atoms with Crippen LogP contribution < -0.4 is 5.32 Å². The molecule has 1 aromatic heterocycles. The van der Waals surface area contributed by atoms with Crippen LogP contribution in [-0.2, 0) is 11.8 Å². The van der Waals surface area contributed by atoms with Crippen LogP contribution in [0.2, 0.25) is 0 Å². The molecule has 2 heterocycles. The summed E-state index contributed by atoms with van der Waals surface area (Å²) in [7, 11) is 1.81. The molecule has 0 spiro atoms. The number of alkyl halides is 3. The summed E-state index contributed by atoms with van der Waals surface area (Å²) in [5, 5.41) is 3.18. The lowest BCUT2D eigenvalue weighted by Gasteiger charge is -2.36. The standard InChI is InChI=1S/C18H21F3N4O.ClH/c1-24-9-8-23-17(24)15-12-22-7-10-25(15)16(26)11-14(18(19,20)21)13-5-3-2-4-6-13;/h2-6,8-9,14-15,22H,7,10-12H2,1H3;1H. The van der Waals surface area contributed by atoms with Crippen LogP contribution in [0.4, 0.5) is 13.2 Å². The SMILES string of the molecule is Cl.Cn1ccnc1C1CNCCN1C(=O)CC(c1ccccc1)C(F)(F)F. The van der Waals surface area contributed by atoms with E-state index in [1.807, 2.05) is 7.05 Å². The molecule has 1 N–H and O–H groups in total. The number of amides is 1. The fourth-order valence-electron chi connectivity index (χ4n) is 3.33. The van der Waals surface area contributed by atoms with E-state index in [2.05, 4.69) is 10.3 Å². The first-order valence-corrected chi connectivity index (χ1v) is 8.47. The molecule has 0 bridgehead atoms. The van der Waals surface area contributed by atoms with Crippen LogP contribution in [0, 0.1) is 0 Å². The van der Waals surface area contributed by atoms with Crippen LogP contribution in [-0.4, -0.2) is 46.2 Å². The summed E-state index contributed by atoms with van der Waals surface area (Å²) >= 11 is 0. The zero-order valence-corrected chi connectivity index (χ0v) is 15.6. The number of carbonyl (C=O) groups is 1. The summed E-state index contributed by atoms with van der Waals surface area (Å²) in [5.41, 5.74) is 0.108. The van der Waals surface area contributed by atoms with Gasteiger partial charge in [-0.15, -0.1) is 12.4 Å². The van der Waals surface area contributed by atoms with E-state index >= 15 is 0 Å². The lowest BCUT2D eigenvalue weighted by Crippen LogP contribution is -2.50. The van der Waals surface area contributed by atoms with Gasteiger partial charge in [0, 0.05) is 45.5 Å². The summed E-state index contributed by atoms with van der Waals surface area (Å²) in [5.74, 6) is -1.66. The molecule has 3 rings (SSSR count). The fraction of sp³-hybridized carbons (Fsp3) is 0.444. The van der Waals surface area contributed by atoms with Crippen molar-refractivity contribution >= 4 is 18.3 Å². The topological polar surface area (TPSA) is 50.2 Å². The van der Waals surface area contributed by atoms with E-state index in [1.165, 1.54) is 17.0 Å². The van der Waals surface area contributed by atoms with Gasteiger partial charge in [-0.1, -0.05) is 30.3 Å². The minimum Gasteiger partial charge on any atom is -0.336 e. The van der Waals surface area contributed by atoms with Gasteiger partial charge >= 0.3 is 6.18 Å². The monoisotopic (exact) mass is 402 g/mol. The summed E-state index contributed by atoms with van der Waals surface area (Å²) in [6, 6.07) is 7.23. The largest absolute Gasteiger partial charge is 0.396 e. The van der Waals surface area contributed by atoms with E-state index in [9.17, 15) is 18.0 Å². The number of hydrogen-bond acceptors (Lipinski definition) is 3. The molecule has 2 aromatic rings. The first-order valence-electron chi connectivity index (χ1n) is 8.47. The van der Waals surface area contributed by atoms with Crippen molar-refractivity contribution in [2.45, 2.75) is 24.6 Å². The summed E-state index contributed by atoms with van der Waals surface area (Å²) in [4.78, 5) is 18.6. The fourth-order valence-corrected chi connectivity index (χ4v) is 3.33. The molecule has 9 heteroatoms. The molecular weight excluding hydrogens is 381 g/mol. The average Bonchev–Trinajstić information content (AvgIpc) is 3.05. The maximum Gasteiger partial charge on any atom is 0.396 e. The number of benzene rings is 1. The van der Waals surface area contributed by atoms with Gasteiger partial charge < -0.3 is 14.8 Å². The number of aromatic nitrogens is 2. The van der Waals surface area contributed by atoms with Crippen LogP contribution in [0.15, 0.2) is 42.7 Å². The van der Waals surface area contributed by atoms with Gasteiger partial charge in [0.15, 0.2) is 0 Å². The number of imidazole rings is 1. The predicted molar refractivity (Wildman–Crippen MR) is 97.6 cm³/mol. The molecule has 0 saturated carbocycles. The predicted octanol–water partition coefficient (Wildman–Crippen LogP) is 3.05. The Hall–Kier alpha value is -2.06. The van der Waals surface area contributed by atoms with Crippen molar-refractivity contribution in [2.24, 2.45) is 7.05 Å². The molecule has 148 valence electrons. The van der Waals surface area contributed by atoms with Crippen molar-refractivity contribution in [3.8, 4) is 0 Å². The molecule has 5 nitrogen and oxygen atoms in total. The molecule has 1 aromatic carbocycles. The van der Waals surface area contributed by atoms with Gasteiger partial charge in [0.25, 0.3) is 0 Å². The minimum atomic E-state index is -4.48. The Morgan fingerprint density at radius 1 is 1.33 bits per heavy atom. The quantitative estimate of drug-likeness (QED) is 0.855. The van der Waals surface area contributed by atoms with E-state index < -0.39 is 24.4 Å². The van der Waals surface area contributed by atoms with Crippen LogP contribution in [0.1, 0.15) is 29.8 Å². The van der Waals surface area contributed by atoms with E-state index in [-0.39, 0.29) is 24.0 Å². The van der Waals surface area contributed by atoms with Crippen molar-refractivity contribution in [2.75, 3.05) is 19.6 Å². The van der Waals surface area contributed by atoms with E-state index in [0.29, 0.717) is 25.5 Å². The number of piperazine rings is 1. The smallest absolute Gasteiger partial charge is 0.336 e. The summed E-state index contributed by atoms with van der Waals surface area (Å²) in [6.07, 6.45) is -1.71. The van der Waals surface area contributed by atoms with E-state index in [1.54, 1.807) is 35.2 Å². The van der Waals surface area contributed by atoms with Gasteiger partial charge in [-0.25, -0.2) is 4.98 Å². The van der Waals surface area contributed by atoms with Crippen molar-refractivity contribution in [3.05, 3.63) is 54.1 Å². The molecule has 1 aliphatic rings. The van der Waals surface area contributed by atoms with Crippen LogP contribution in [0.3, 0.4) is 0 Å². The summed E-state index contributed by atoms with van der Waals surface area (Å²) in [6.45, 7) is 1.38. The van der Waals surface area contributed by atoms with Crippen molar-refractivity contribution < 1.29 is 18.0 Å². The normalized spacial score (nSPS) is 18.7. The second-order valence-electron chi connectivity index (χ2n) is 6.41. The van der Waals surface area contributed by atoms with Crippen molar-refractivity contribution in [3.63, 3.8) is 0 Å². The third kappa shape index (κ3) is 4.81. The molecule has 1 aliphatic heterocycles. The van der Waals surface area contributed by atoms with Gasteiger partial charge in [-0.3, -0.25) is 4.79 Å². The van der Waals surface area contributed by atoms with Crippen molar-refractivity contribution in [1.29, 1.82) is 0 Å². The lowest BCUT2D eigenvalue weighted by molar-refractivity contribution is -0.162. The highest BCUT2D eigenvalue weighted by Crippen LogP contribution is 2.38. The van der Waals surface area contributed by atoms with Crippen LogP contribution in [0.5, 0.6) is 0 Å². The molecule has 27 heavy (non-hydrogen) atoms. The number of nitrogens with zero attached hydrogens (tertiary/aromatic N) is 3. The highest BCUT2D eigenvalue weighted by molar-refractivity contribution is 5.85. The number of hydrogen-bond donors (Lipinski definition) is 1. The molecule has 1 saturated heterocycles. The Morgan fingerprint density at radius 3 is 2.63 bits per heavy atom. The third-order valence-corrected chi connectivity index (χ3v) is 4.70. The molecule has 0 radical (unpaired) electrons. The Bertz CT molecular complexity index is 751. The average molecular weight is 403 g/mol. The molecule has 1 amide bonds.